The van der Waals surface area contributed by atoms with Crippen LogP contribution in [0.3, 0.4) is 0 Å². The van der Waals surface area contributed by atoms with Crippen LogP contribution >= 0.6 is 0 Å². The summed E-state index contributed by atoms with van der Waals surface area (Å²) in [5.74, 6) is 2.29. The van der Waals surface area contributed by atoms with Gasteiger partial charge < -0.3 is 10.6 Å². The first-order valence-corrected chi connectivity index (χ1v) is 5.40. The lowest BCUT2D eigenvalue weighted by atomic mass is 10.3. The van der Waals surface area contributed by atoms with E-state index in [1.807, 2.05) is 13.1 Å². The van der Waals surface area contributed by atoms with Crippen molar-refractivity contribution in [2.45, 2.75) is 39.7 Å². The molecule has 0 aromatic carbocycles. The molecule has 4 heteroatoms. The van der Waals surface area contributed by atoms with Crippen LogP contribution in [-0.4, -0.2) is 23.1 Å². The zero-order valence-electron chi connectivity index (χ0n) is 9.99. The average molecular weight is 208 g/mol. The van der Waals surface area contributed by atoms with Gasteiger partial charge in [-0.2, -0.15) is 0 Å². The highest BCUT2D eigenvalue weighted by Crippen LogP contribution is 2.15. The van der Waals surface area contributed by atoms with Crippen molar-refractivity contribution < 1.29 is 0 Å². The maximum atomic E-state index is 5.75. The average Bonchev–Trinajstić information content (AvgIpc) is 2.16. The van der Waals surface area contributed by atoms with E-state index in [1.165, 1.54) is 0 Å². The van der Waals surface area contributed by atoms with Crippen molar-refractivity contribution in [1.29, 1.82) is 0 Å². The largest absolute Gasteiger partial charge is 0.384 e. The van der Waals surface area contributed by atoms with Crippen molar-refractivity contribution >= 4 is 11.6 Å². The molecule has 1 rings (SSSR count). The van der Waals surface area contributed by atoms with Crippen LogP contribution < -0.4 is 10.6 Å². The summed E-state index contributed by atoms with van der Waals surface area (Å²) in [7, 11) is 2.02. The monoisotopic (exact) mass is 208 g/mol. The summed E-state index contributed by atoms with van der Waals surface area (Å²) < 4.78 is 0. The molecule has 15 heavy (non-hydrogen) atoms. The molecule has 0 unspecified atom stereocenters. The maximum Gasteiger partial charge on any atom is 0.134 e. The van der Waals surface area contributed by atoms with Crippen LogP contribution in [0, 0.1) is 0 Å². The van der Waals surface area contributed by atoms with Crippen molar-refractivity contribution in [2.75, 3.05) is 17.7 Å². The zero-order chi connectivity index (χ0) is 11.4. The van der Waals surface area contributed by atoms with Gasteiger partial charge >= 0.3 is 0 Å². The van der Waals surface area contributed by atoms with Gasteiger partial charge in [-0.1, -0.05) is 6.92 Å². The molecule has 0 saturated heterocycles. The van der Waals surface area contributed by atoms with Crippen molar-refractivity contribution in [3.05, 3.63) is 11.9 Å². The molecule has 4 nitrogen and oxygen atoms in total. The summed E-state index contributed by atoms with van der Waals surface area (Å²) >= 11 is 0. The molecule has 0 aliphatic carbocycles. The first-order valence-electron chi connectivity index (χ1n) is 5.40. The fourth-order valence-corrected chi connectivity index (χ4v) is 1.28. The second-order valence-corrected chi connectivity index (χ2v) is 4.02. The maximum absolute atomic E-state index is 5.75. The number of nitrogens with two attached hydrogens (primary N) is 1. The molecule has 1 aromatic heterocycles. The lowest BCUT2D eigenvalue weighted by Crippen LogP contribution is -2.27. The van der Waals surface area contributed by atoms with Crippen LogP contribution in [0.4, 0.5) is 11.6 Å². The third-order valence-electron chi connectivity index (χ3n) is 2.39. The Hall–Kier alpha value is -1.32. The fraction of sp³-hybridized carbons (Fsp3) is 0.636. The molecule has 84 valence electrons. The Kier molecular flexibility index (Phi) is 3.88. The number of aromatic nitrogens is 2. The number of rotatable bonds is 4. The lowest BCUT2D eigenvalue weighted by molar-refractivity contribution is 0.732. The number of nitrogens with zero attached hydrogens (tertiary/aromatic N) is 3. The third-order valence-corrected chi connectivity index (χ3v) is 2.39. The van der Waals surface area contributed by atoms with Gasteiger partial charge in [0.15, 0.2) is 0 Å². The first kappa shape index (κ1) is 11.8. The van der Waals surface area contributed by atoms with E-state index in [-0.39, 0.29) is 0 Å². The Morgan fingerprint density at radius 2 is 2.07 bits per heavy atom. The molecular formula is C11H20N4. The number of nitrogen functional groups attached to an aromatic ring is 1. The van der Waals surface area contributed by atoms with Gasteiger partial charge in [-0.3, -0.25) is 0 Å². The van der Waals surface area contributed by atoms with Crippen molar-refractivity contribution in [3.63, 3.8) is 0 Å². The highest BCUT2D eigenvalue weighted by Gasteiger charge is 2.09. The van der Waals surface area contributed by atoms with Crippen molar-refractivity contribution in [2.24, 2.45) is 0 Å². The smallest absolute Gasteiger partial charge is 0.134 e. The Bertz CT molecular complexity index is 322. The molecular weight excluding hydrogens is 188 g/mol. The van der Waals surface area contributed by atoms with Gasteiger partial charge in [0.05, 0.1) is 0 Å². The highest BCUT2D eigenvalue weighted by atomic mass is 15.2. The summed E-state index contributed by atoms with van der Waals surface area (Å²) in [4.78, 5) is 10.8. The second-order valence-electron chi connectivity index (χ2n) is 4.02. The van der Waals surface area contributed by atoms with Crippen molar-refractivity contribution in [3.8, 4) is 0 Å². The van der Waals surface area contributed by atoms with Gasteiger partial charge in [-0.25, -0.2) is 9.97 Å². The summed E-state index contributed by atoms with van der Waals surface area (Å²) in [6, 6.07) is 2.23. The molecule has 0 radical (unpaired) electrons. The molecule has 1 heterocycles. The predicted octanol–water partition coefficient (Wildman–Crippen LogP) is 1.86. The summed E-state index contributed by atoms with van der Waals surface area (Å²) in [6.07, 6.45) is 1.91. The molecule has 0 saturated carbocycles. The first-order chi connectivity index (χ1) is 7.04. The summed E-state index contributed by atoms with van der Waals surface area (Å²) in [6.45, 7) is 6.36. The van der Waals surface area contributed by atoms with Crippen LogP contribution in [0.15, 0.2) is 6.07 Å². The zero-order valence-corrected chi connectivity index (χ0v) is 9.99. The fourth-order valence-electron chi connectivity index (χ4n) is 1.28. The minimum Gasteiger partial charge on any atom is -0.384 e. The van der Waals surface area contributed by atoms with E-state index in [2.05, 4.69) is 35.6 Å². The Balaban J connectivity index is 2.97. The lowest BCUT2D eigenvalue weighted by Gasteiger charge is -2.23. The molecule has 0 spiro atoms. The number of anilines is 2. The minimum atomic E-state index is 0.411. The molecule has 2 N–H and O–H groups in total. The highest BCUT2D eigenvalue weighted by molar-refractivity contribution is 5.46. The summed E-state index contributed by atoms with van der Waals surface area (Å²) in [5.41, 5.74) is 5.75. The predicted molar refractivity (Wildman–Crippen MR) is 64.0 cm³/mol. The van der Waals surface area contributed by atoms with E-state index in [1.54, 1.807) is 0 Å². The third kappa shape index (κ3) is 3.08. The molecule has 0 fully saturated rings. The number of aryl methyl sites for hydroxylation is 1. The van der Waals surface area contributed by atoms with E-state index < -0.39 is 0 Å². The van der Waals surface area contributed by atoms with Crippen molar-refractivity contribution in [1.82, 2.24) is 9.97 Å². The quantitative estimate of drug-likeness (QED) is 0.820. The Labute approximate surface area is 91.5 Å². The van der Waals surface area contributed by atoms with Crippen LogP contribution in [0.2, 0.25) is 0 Å². The van der Waals surface area contributed by atoms with Gasteiger partial charge in [0.2, 0.25) is 0 Å². The summed E-state index contributed by atoms with van der Waals surface area (Å²) in [5, 5.41) is 0. The van der Waals surface area contributed by atoms with Gasteiger partial charge in [0.1, 0.15) is 17.5 Å². The van der Waals surface area contributed by atoms with Gasteiger partial charge in [0.25, 0.3) is 0 Å². The molecule has 0 amide bonds. The molecule has 0 aliphatic heterocycles. The van der Waals surface area contributed by atoms with Crippen LogP contribution in [0.1, 0.15) is 33.0 Å². The number of hydrogen-bond donors (Lipinski definition) is 1. The molecule has 0 aliphatic rings. The van der Waals surface area contributed by atoms with E-state index >= 15 is 0 Å². The van der Waals surface area contributed by atoms with Gasteiger partial charge in [-0.15, -0.1) is 0 Å². The second kappa shape index (κ2) is 4.96. The van der Waals surface area contributed by atoms with E-state index in [0.29, 0.717) is 11.9 Å². The van der Waals surface area contributed by atoms with Gasteiger partial charge in [0, 0.05) is 25.6 Å². The number of hydrogen-bond acceptors (Lipinski definition) is 4. The minimum absolute atomic E-state index is 0.411. The van der Waals surface area contributed by atoms with E-state index in [0.717, 1.165) is 24.5 Å². The van der Waals surface area contributed by atoms with Crippen LogP contribution in [-0.2, 0) is 6.42 Å². The normalized spacial score (nSPS) is 10.7. The van der Waals surface area contributed by atoms with Crippen LogP contribution in [0.25, 0.3) is 0 Å². The van der Waals surface area contributed by atoms with Crippen LogP contribution in [0.5, 0.6) is 0 Å². The standard InChI is InChI=1S/C11H20N4/c1-5-6-10-13-9(12)7-11(14-10)15(4)8(2)3/h7-8H,5-6H2,1-4H3,(H2,12,13,14). The molecule has 0 atom stereocenters. The molecule has 0 bridgehead atoms. The topological polar surface area (TPSA) is 55.0 Å². The molecule has 1 aromatic rings. The van der Waals surface area contributed by atoms with E-state index in [4.69, 9.17) is 5.73 Å². The van der Waals surface area contributed by atoms with E-state index in [9.17, 15) is 0 Å². The SMILES string of the molecule is CCCc1nc(N)cc(N(C)C(C)C)n1. The Morgan fingerprint density at radius 3 is 2.60 bits per heavy atom. The van der Waals surface area contributed by atoms with Gasteiger partial charge in [-0.05, 0) is 20.3 Å². The Morgan fingerprint density at radius 1 is 1.40 bits per heavy atom.